The summed E-state index contributed by atoms with van der Waals surface area (Å²) in [5, 5.41) is 35.5. The summed E-state index contributed by atoms with van der Waals surface area (Å²) >= 11 is 0. The lowest BCUT2D eigenvalue weighted by atomic mass is 10.00. The molecule has 212 valence electrons. The van der Waals surface area contributed by atoms with Crippen molar-refractivity contribution in [3.8, 4) is 5.75 Å². The van der Waals surface area contributed by atoms with Crippen LogP contribution in [-0.2, 0) is 30.4 Å². The second-order valence-corrected chi connectivity index (χ2v) is 9.51. The lowest BCUT2D eigenvalue weighted by Gasteiger charge is -2.26. The van der Waals surface area contributed by atoms with Gasteiger partial charge in [0.05, 0.1) is 12.5 Å². The molecule has 13 heteroatoms. The molecule has 1 aromatic carbocycles. The minimum atomic E-state index is -1.38. The maximum absolute atomic E-state index is 13.2. The number of carbonyl (C=O) groups is 5. The molecule has 10 N–H and O–H groups in total. The van der Waals surface area contributed by atoms with Crippen LogP contribution >= 0.6 is 0 Å². The largest absolute Gasteiger partial charge is 0.508 e. The highest BCUT2D eigenvalue weighted by Gasteiger charge is 2.31. The van der Waals surface area contributed by atoms with Gasteiger partial charge in [0.25, 0.3) is 0 Å². The Hall–Kier alpha value is -3.71. The number of hydrogen-bond acceptors (Lipinski definition) is 8. The Bertz CT molecular complexity index is 954. The summed E-state index contributed by atoms with van der Waals surface area (Å²) in [7, 11) is 0. The minimum Gasteiger partial charge on any atom is -0.508 e. The fraction of sp³-hybridized carbons (Fsp3) is 0.560. The standard InChI is InChI=1S/C25H39N5O8/c1-14(2)11-19(29-22(34)17(27)13-21(32)33)23(35)30-20(12-15-6-8-16(31)9-7-15)24(36)28-18(25(37)38)5-3-4-10-26/h6-9,14,17-20,31H,3-5,10-13,26-27H2,1-2H3,(H,28,36)(H,29,34)(H,30,35)(H,32,33)(H,37,38)/t17-,18-,19-,20-/m0/s1. The van der Waals surface area contributed by atoms with Crippen LogP contribution in [0.25, 0.3) is 0 Å². The molecule has 4 atom stereocenters. The Kier molecular flexibility index (Phi) is 13.8. The summed E-state index contributed by atoms with van der Waals surface area (Å²) in [6.45, 7) is 3.99. The van der Waals surface area contributed by atoms with Crippen LogP contribution in [0.1, 0.15) is 51.5 Å². The predicted octanol–water partition coefficient (Wildman–Crippen LogP) is -0.549. The highest BCUT2D eigenvalue weighted by Crippen LogP contribution is 2.13. The zero-order valence-electron chi connectivity index (χ0n) is 21.7. The molecule has 0 aliphatic rings. The van der Waals surface area contributed by atoms with E-state index in [1.807, 2.05) is 13.8 Å². The molecule has 38 heavy (non-hydrogen) atoms. The van der Waals surface area contributed by atoms with Crippen LogP contribution in [0.3, 0.4) is 0 Å². The highest BCUT2D eigenvalue weighted by atomic mass is 16.4. The molecular formula is C25H39N5O8. The molecule has 0 unspecified atom stereocenters. The van der Waals surface area contributed by atoms with Crippen LogP contribution in [0.2, 0.25) is 0 Å². The molecular weight excluding hydrogens is 498 g/mol. The van der Waals surface area contributed by atoms with E-state index in [0.717, 1.165) is 0 Å². The maximum atomic E-state index is 13.2. The SMILES string of the molecule is CC(C)C[C@H](NC(=O)[C@@H](N)CC(=O)O)C(=O)N[C@@H](Cc1ccc(O)cc1)C(=O)N[C@@H](CCCCN)C(=O)O. The van der Waals surface area contributed by atoms with Gasteiger partial charge in [0.2, 0.25) is 17.7 Å². The first-order chi connectivity index (χ1) is 17.8. The number of unbranched alkanes of at least 4 members (excludes halogenated alkanes) is 1. The number of phenols is 1. The summed E-state index contributed by atoms with van der Waals surface area (Å²) in [5.74, 6) is -4.87. The monoisotopic (exact) mass is 537 g/mol. The van der Waals surface area contributed by atoms with E-state index in [9.17, 15) is 34.2 Å². The third kappa shape index (κ3) is 12.0. The lowest BCUT2D eigenvalue weighted by Crippen LogP contribution is -2.58. The topological polar surface area (TPSA) is 234 Å². The zero-order chi connectivity index (χ0) is 28.8. The van der Waals surface area contributed by atoms with E-state index in [1.165, 1.54) is 12.1 Å². The van der Waals surface area contributed by atoms with Gasteiger partial charge in [-0.15, -0.1) is 0 Å². The molecule has 0 heterocycles. The van der Waals surface area contributed by atoms with Crippen LogP contribution in [0.4, 0.5) is 0 Å². The quantitative estimate of drug-likeness (QED) is 0.118. The summed E-state index contributed by atoms with van der Waals surface area (Å²) in [5.41, 5.74) is 11.7. The third-order valence-corrected chi connectivity index (χ3v) is 5.64. The first kappa shape index (κ1) is 32.3. The molecule has 0 aliphatic carbocycles. The molecule has 0 aromatic heterocycles. The average Bonchev–Trinajstić information content (AvgIpc) is 2.82. The summed E-state index contributed by atoms with van der Waals surface area (Å²) in [4.78, 5) is 61.4. The van der Waals surface area contributed by atoms with Crippen molar-refractivity contribution < 1.29 is 39.3 Å². The van der Waals surface area contributed by atoms with Crippen LogP contribution in [0.5, 0.6) is 5.75 Å². The number of carbonyl (C=O) groups excluding carboxylic acids is 3. The van der Waals surface area contributed by atoms with Crippen molar-refractivity contribution in [3.05, 3.63) is 29.8 Å². The van der Waals surface area contributed by atoms with Gasteiger partial charge >= 0.3 is 11.9 Å². The van der Waals surface area contributed by atoms with Crippen LogP contribution in [-0.4, -0.2) is 75.7 Å². The molecule has 0 bridgehead atoms. The molecule has 1 rings (SSSR count). The van der Waals surface area contributed by atoms with Crippen LogP contribution < -0.4 is 27.4 Å². The Morgan fingerprint density at radius 1 is 0.842 bits per heavy atom. The van der Waals surface area contributed by atoms with Crippen molar-refractivity contribution in [2.75, 3.05) is 6.54 Å². The van der Waals surface area contributed by atoms with Gasteiger partial charge in [-0.25, -0.2) is 4.79 Å². The van der Waals surface area contributed by atoms with Crippen molar-refractivity contribution >= 4 is 29.7 Å². The number of hydrogen-bond donors (Lipinski definition) is 8. The number of nitrogens with two attached hydrogens (primary N) is 2. The van der Waals surface area contributed by atoms with Gasteiger partial charge in [-0.1, -0.05) is 26.0 Å². The van der Waals surface area contributed by atoms with E-state index in [-0.39, 0.29) is 30.9 Å². The third-order valence-electron chi connectivity index (χ3n) is 5.64. The number of phenolic OH excluding ortho intramolecular Hbond substituents is 1. The van der Waals surface area contributed by atoms with Gasteiger partial charge in [-0.2, -0.15) is 0 Å². The molecule has 13 nitrogen and oxygen atoms in total. The van der Waals surface area contributed by atoms with Gasteiger partial charge in [-0.05, 0) is 55.8 Å². The summed E-state index contributed by atoms with van der Waals surface area (Å²) < 4.78 is 0. The number of amides is 3. The molecule has 1 aromatic rings. The second kappa shape index (κ2) is 16.2. The summed E-state index contributed by atoms with van der Waals surface area (Å²) in [6, 6.07) is 0.991. The Labute approximate surface area is 221 Å². The number of nitrogens with one attached hydrogen (secondary N) is 3. The van der Waals surface area contributed by atoms with Gasteiger partial charge in [0.1, 0.15) is 23.9 Å². The first-order valence-electron chi connectivity index (χ1n) is 12.4. The number of aromatic hydroxyl groups is 1. The van der Waals surface area contributed by atoms with Gasteiger partial charge in [-0.3, -0.25) is 19.2 Å². The fourth-order valence-electron chi connectivity index (χ4n) is 3.63. The van der Waals surface area contributed by atoms with E-state index >= 15 is 0 Å². The van der Waals surface area contributed by atoms with E-state index in [0.29, 0.717) is 24.9 Å². The van der Waals surface area contributed by atoms with Crippen molar-refractivity contribution in [1.82, 2.24) is 16.0 Å². The van der Waals surface area contributed by atoms with Gasteiger partial charge in [0.15, 0.2) is 0 Å². The molecule has 3 amide bonds. The smallest absolute Gasteiger partial charge is 0.326 e. The normalized spacial score (nSPS) is 14.1. The first-order valence-corrected chi connectivity index (χ1v) is 12.4. The second-order valence-electron chi connectivity index (χ2n) is 9.51. The van der Waals surface area contributed by atoms with Crippen molar-refractivity contribution in [1.29, 1.82) is 0 Å². The molecule has 0 saturated carbocycles. The number of aliphatic carboxylic acids is 2. The van der Waals surface area contributed by atoms with E-state index in [1.54, 1.807) is 12.1 Å². The minimum absolute atomic E-state index is 0.00189. The number of carboxylic acid groups (broad SMARTS) is 2. The average molecular weight is 538 g/mol. The zero-order valence-corrected chi connectivity index (χ0v) is 21.7. The molecule has 0 spiro atoms. The number of rotatable bonds is 17. The number of carboxylic acids is 2. The predicted molar refractivity (Wildman–Crippen MR) is 138 cm³/mol. The van der Waals surface area contributed by atoms with Crippen LogP contribution in [0.15, 0.2) is 24.3 Å². The molecule has 0 radical (unpaired) electrons. The van der Waals surface area contributed by atoms with Crippen LogP contribution in [0, 0.1) is 5.92 Å². The Morgan fingerprint density at radius 2 is 1.39 bits per heavy atom. The summed E-state index contributed by atoms with van der Waals surface area (Å²) in [6.07, 6.45) is 0.700. The Morgan fingerprint density at radius 3 is 1.92 bits per heavy atom. The van der Waals surface area contributed by atoms with Crippen molar-refractivity contribution in [3.63, 3.8) is 0 Å². The van der Waals surface area contributed by atoms with E-state index in [4.69, 9.17) is 16.6 Å². The van der Waals surface area contributed by atoms with Crippen molar-refractivity contribution in [2.24, 2.45) is 17.4 Å². The number of benzene rings is 1. The van der Waals surface area contributed by atoms with Gasteiger partial charge < -0.3 is 42.7 Å². The van der Waals surface area contributed by atoms with E-state index in [2.05, 4.69) is 16.0 Å². The van der Waals surface area contributed by atoms with Crippen molar-refractivity contribution in [2.45, 2.75) is 76.5 Å². The lowest BCUT2D eigenvalue weighted by molar-refractivity contribution is -0.142. The maximum Gasteiger partial charge on any atom is 0.326 e. The highest BCUT2D eigenvalue weighted by molar-refractivity contribution is 5.94. The van der Waals surface area contributed by atoms with E-state index < -0.39 is 60.2 Å². The Balaban J connectivity index is 3.14. The fourth-order valence-corrected chi connectivity index (χ4v) is 3.63. The van der Waals surface area contributed by atoms with Gasteiger partial charge in [0, 0.05) is 6.42 Å². The molecule has 0 saturated heterocycles. The molecule has 0 fully saturated rings. The molecule has 0 aliphatic heterocycles.